The molecule has 1 amide bonds. The summed E-state index contributed by atoms with van der Waals surface area (Å²) in [5.41, 5.74) is 1.75. The molecule has 1 heterocycles. The van der Waals surface area contributed by atoms with Gasteiger partial charge in [-0.3, -0.25) is 0 Å². The van der Waals surface area contributed by atoms with Gasteiger partial charge in [0.2, 0.25) is 0 Å². The summed E-state index contributed by atoms with van der Waals surface area (Å²) >= 11 is 0. The molecule has 1 aromatic rings. The normalized spacial score (nSPS) is 20.6. The van der Waals surface area contributed by atoms with Crippen molar-refractivity contribution in [2.24, 2.45) is 0 Å². The maximum Gasteiger partial charge on any atom is 0.410 e. The Morgan fingerprint density at radius 1 is 1.30 bits per heavy atom. The molecule has 0 aliphatic carbocycles. The summed E-state index contributed by atoms with van der Waals surface area (Å²) in [4.78, 5) is 13.7. The minimum atomic E-state index is -0.481. The first-order chi connectivity index (χ1) is 12.8. The van der Waals surface area contributed by atoms with Crippen molar-refractivity contribution in [1.29, 1.82) is 0 Å². The van der Waals surface area contributed by atoms with Gasteiger partial charge in [-0.05, 0) is 36.3 Å². The van der Waals surface area contributed by atoms with Crippen LogP contribution in [0.3, 0.4) is 0 Å². The van der Waals surface area contributed by atoms with Crippen LogP contribution in [0.5, 0.6) is 5.75 Å². The lowest BCUT2D eigenvalue weighted by Crippen LogP contribution is -2.42. The molecule has 2 rings (SSSR count). The second kappa shape index (κ2) is 9.45. The first kappa shape index (κ1) is 21.5. The van der Waals surface area contributed by atoms with Crippen molar-refractivity contribution in [3.63, 3.8) is 0 Å². The number of aliphatic hydroxyl groups is 1. The summed E-state index contributed by atoms with van der Waals surface area (Å²) < 4.78 is 4.88. The molecule has 0 aromatic heterocycles. The van der Waals surface area contributed by atoms with Crippen molar-refractivity contribution in [1.82, 2.24) is 4.90 Å². The van der Waals surface area contributed by atoms with E-state index in [2.05, 4.69) is 20.8 Å². The average Bonchev–Trinajstić information content (AvgIpc) is 2.64. The molecule has 2 atom stereocenters. The van der Waals surface area contributed by atoms with Crippen LogP contribution in [0, 0.1) is 0 Å². The van der Waals surface area contributed by atoms with Crippen LogP contribution in [0.25, 0.3) is 0 Å². The number of hydrogen-bond donors (Lipinski definition) is 2. The number of ether oxygens (including phenoxy) is 1. The van der Waals surface area contributed by atoms with Crippen LogP contribution in [-0.2, 0) is 10.2 Å². The largest absolute Gasteiger partial charge is 0.508 e. The standard InChI is InChI=1S/C22H35NO4/c1-5-6-7-8-12-22(2,3)16-9-10-18(20(25)14-16)19-15-17(24)11-13-23(19)21(26)27-4/h9-10,14,17,19,24-25H,5-8,11-13,15H2,1-4H3/t17-,19+/m1/s1. The van der Waals surface area contributed by atoms with Gasteiger partial charge in [0.1, 0.15) is 5.75 Å². The third kappa shape index (κ3) is 5.38. The topological polar surface area (TPSA) is 70.0 Å². The van der Waals surface area contributed by atoms with Crippen LogP contribution in [-0.4, -0.2) is 41.0 Å². The molecule has 1 saturated heterocycles. The Morgan fingerprint density at radius 3 is 2.67 bits per heavy atom. The Morgan fingerprint density at radius 2 is 2.04 bits per heavy atom. The number of rotatable bonds is 7. The van der Waals surface area contributed by atoms with E-state index in [-0.39, 0.29) is 17.2 Å². The Labute approximate surface area is 163 Å². The first-order valence-electron chi connectivity index (χ1n) is 10.2. The molecule has 0 radical (unpaired) electrons. The second-order valence-electron chi connectivity index (χ2n) is 8.33. The molecule has 5 heteroatoms. The number of aliphatic hydroxyl groups excluding tert-OH is 1. The average molecular weight is 378 g/mol. The minimum Gasteiger partial charge on any atom is -0.508 e. The minimum absolute atomic E-state index is 0.0160. The molecule has 0 saturated carbocycles. The molecule has 5 nitrogen and oxygen atoms in total. The van der Waals surface area contributed by atoms with E-state index in [0.717, 1.165) is 12.0 Å². The molecular weight excluding hydrogens is 342 g/mol. The van der Waals surface area contributed by atoms with Gasteiger partial charge < -0.3 is 19.8 Å². The molecule has 0 spiro atoms. The van der Waals surface area contributed by atoms with E-state index >= 15 is 0 Å². The Bertz CT molecular complexity index is 629. The Kier molecular flexibility index (Phi) is 7.54. The molecule has 2 N–H and O–H groups in total. The van der Waals surface area contributed by atoms with Crippen molar-refractivity contribution in [2.75, 3.05) is 13.7 Å². The van der Waals surface area contributed by atoms with E-state index in [1.807, 2.05) is 18.2 Å². The van der Waals surface area contributed by atoms with Crippen molar-refractivity contribution in [3.8, 4) is 5.75 Å². The van der Waals surface area contributed by atoms with Gasteiger partial charge in [0.05, 0.1) is 19.3 Å². The van der Waals surface area contributed by atoms with E-state index in [0.29, 0.717) is 24.9 Å². The SMILES string of the molecule is CCCCCCC(C)(C)c1ccc([C@@H]2C[C@H](O)CCN2C(=O)OC)c(O)c1. The number of amides is 1. The number of nitrogens with zero attached hydrogens (tertiary/aromatic N) is 1. The zero-order valence-electron chi connectivity index (χ0n) is 17.2. The number of aromatic hydroxyl groups is 1. The van der Waals surface area contributed by atoms with Gasteiger partial charge in [-0.1, -0.05) is 58.6 Å². The lowest BCUT2D eigenvalue weighted by Gasteiger charge is -2.37. The van der Waals surface area contributed by atoms with Crippen LogP contribution in [0.2, 0.25) is 0 Å². The van der Waals surface area contributed by atoms with Gasteiger partial charge in [0.25, 0.3) is 0 Å². The van der Waals surface area contributed by atoms with Crippen molar-refractivity contribution in [2.45, 2.75) is 83.3 Å². The summed E-state index contributed by atoms with van der Waals surface area (Å²) in [6, 6.07) is 5.40. The Balaban J connectivity index is 2.20. The molecular formula is C22H35NO4. The predicted molar refractivity (Wildman–Crippen MR) is 107 cm³/mol. The molecule has 0 bridgehead atoms. The molecule has 1 aromatic carbocycles. The third-order valence-electron chi connectivity index (χ3n) is 5.81. The number of unbranched alkanes of at least 4 members (excludes halogenated alkanes) is 3. The maximum atomic E-state index is 12.1. The fourth-order valence-corrected chi connectivity index (χ4v) is 3.96. The number of benzene rings is 1. The van der Waals surface area contributed by atoms with Crippen LogP contribution >= 0.6 is 0 Å². The number of carbonyl (C=O) groups excluding carboxylic acids is 1. The molecule has 1 fully saturated rings. The van der Waals surface area contributed by atoms with Gasteiger partial charge in [-0.25, -0.2) is 4.79 Å². The first-order valence-corrected chi connectivity index (χ1v) is 10.2. The quantitative estimate of drug-likeness (QED) is 0.663. The van der Waals surface area contributed by atoms with E-state index in [4.69, 9.17) is 4.74 Å². The van der Waals surface area contributed by atoms with Crippen molar-refractivity contribution < 1.29 is 19.7 Å². The number of methoxy groups -OCH3 is 1. The van der Waals surface area contributed by atoms with E-state index < -0.39 is 12.2 Å². The number of hydrogen-bond acceptors (Lipinski definition) is 4. The predicted octanol–water partition coefficient (Wildman–Crippen LogP) is 4.90. The fourth-order valence-electron chi connectivity index (χ4n) is 3.96. The van der Waals surface area contributed by atoms with Crippen LogP contribution in [0.15, 0.2) is 18.2 Å². The zero-order valence-corrected chi connectivity index (χ0v) is 17.2. The number of carbonyl (C=O) groups is 1. The highest BCUT2D eigenvalue weighted by atomic mass is 16.5. The van der Waals surface area contributed by atoms with Crippen molar-refractivity contribution >= 4 is 6.09 Å². The van der Waals surface area contributed by atoms with Gasteiger partial charge in [0, 0.05) is 12.1 Å². The molecule has 27 heavy (non-hydrogen) atoms. The zero-order chi connectivity index (χ0) is 20.0. The summed E-state index contributed by atoms with van der Waals surface area (Å²) in [6.45, 7) is 7.04. The van der Waals surface area contributed by atoms with E-state index in [1.54, 1.807) is 4.90 Å². The maximum absolute atomic E-state index is 12.1. The fraction of sp³-hybridized carbons (Fsp3) is 0.682. The van der Waals surface area contributed by atoms with Gasteiger partial charge in [0.15, 0.2) is 0 Å². The second-order valence-corrected chi connectivity index (χ2v) is 8.33. The highest BCUT2D eigenvalue weighted by Crippen LogP contribution is 2.39. The highest BCUT2D eigenvalue weighted by molar-refractivity contribution is 5.68. The van der Waals surface area contributed by atoms with Gasteiger partial charge >= 0.3 is 6.09 Å². The number of phenols is 1. The van der Waals surface area contributed by atoms with Crippen LogP contribution in [0.1, 0.15) is 82.9 Å². The number of likely N-dealkylation sites (tertiary alicyclic amines) is 1. The number of phenolic OH excluding ortho intramolecular Hbond substituents is 1. The van der Waals surface area contributed by atoms with Crippen molar-refractivity contribution in [3.05, 3.63) is 29.3 Å². The van der Waals surface area contributed by atoms with Gasteiger partial charge in [-0.2, -0.15) is 0 Å². The van der Waals surface area contributed by atoms with E-state index in [1.165, 1.54) is 32.8 Å². The smallest absolute Gasteiger partial charge is 0.410 e. The Hall–Kier alpha value is -1.75. The summed E-state index contributed by atoms with van der Waals surface area (Å²) in [5.74, 6) is 0.183. The lowest BCUT2D eigenvalue weighted by atomic mass is 9.79. The van der Waals surface area contributed by atoms with E-state index in [9.17, 15) is 15.0 Å². The van der Waals surface area contributed by atoms with Crippen LogP contribution < -0.4 is 0 Å². The summed E-state index contributed by atoms with van der Waals surface area (Å²) in [5, 5.41) is 20.8. The molecule has 1 aliphatic heterocycles. The van der Waals surface area contributed by atoms with Gasteiger partial charge in [-0.15, -0.1) is 0 Å². The summed E-state index contributed by atoms with van der Waals surface area (Å²) in [6.07, 6.45) is 5.98. The molecule has 0 unspecified atom stereocenters. The lowest BCUT2D eigenvalue weighted by molar-refractivity contribution is 0.0350. The highest BCUT2D eigenvalue weighted by Gasteiger charge is 2.34. The molecule has 152 valence electrons. The summed E-state index contributed by atoms with van der Waals surface area (Å²) in [7, 11) is 1.36. The van der Waals surface area contributed by atoms with Crippen LogP contribution in [0.4, 0.5) is 4.79 Å². The molecule has 1 aliphatic rings. The monoisotopic (exact) mass is 377 g/mol. The number of piperidine rings is 1. The third-order valence-corrected chi connectivity index (χ3v) is 5.81.